The van der Waals surface area contributed by atoms with Crippen molar-refractivity contribution < 1.29 is 58.6 Å². The lowest BCUT2D eigenvalue weighted by Crippen LogP contribution is -2.62. The molecule has 2 aromatic carbocycles. The third-order valence-electron chi connectivity index (χ3n) is 16.4. The van der Waals surface area contributed by atoms with Gasteiger partial charge in [0, 0.05) is 132 Å². The SMILES string of the molecule is CO[C@H]1/C=C/O[C@@]2(C)Oc3c(C)c(O)c4c(O)c(c5c(c4c3C2=O)=NC2(CCN(CC(C)C)CC2)N=5)NC(=O)/C(C)=C\C=C\[C@H](C)[C@H](O)[C@@H](C)[C@@H](O)[C@@H](C)[C@H](OC(=O)CC(=O)N2CCN(C3CN(C)C3)CC2)[C@@H]1C. The summed E-state index contributed by atoms with van der Waals surface area (Å²) in [6, 6.07) is 0.460. The number of hydrogen-bond donors (Lipinski definition) is 5. The van der Waals surface area contributed by atoms with E-state index >= 15 is 0 Å². The lowest BCUT2D eigenvalue weighted by Gasteiger charge is -2.46. The van der Waals surface area contributed by atoms with Gasteiger partial charge in [0.25, 0.3) is 11.7 Å². The van der Waals surface area contributed by atoms with E-state index in [4.69, 9.17) is 28.9 Å². The van der Waals surface area contributed by atoms with Crippen molar-refractivity contribution in [2.24, 2.45) is 39.6 Å². The zero-order valence-electron chi connectivity index (χ0n) is 44.9. The van der Waals surface area contributed by atoms with Gasteiger partial charge in [-0.05, 0) is 32.9 Å². The van der Waals surface area contributed by atoms with Crippen molar-refractivity contribution in [3.63, 3.8) is 0 Å². The van der Waals surface area contributed by atoms with Crippen LogP contribution in [0, 0.1) is 36.5 Å². The molecule has 7 aliphatic rings. The maximum Gasteiger partial charge on any atom is 0.315 e. The highest BCUT2D eigenvalue weighted by atomic mass is 16.7. The Balaban J connectivity index is 1.15. The van der Waals surface area contributed by atoms with Crippen molar-refractivity contribution in [2.45, 2.75) is 123 Å². The van der Waals surface area contributed by atoms with Crippen molar-refractivity contribution in [3.8, 4) is 17.2 Å². The Morgan fingerprint density at radius 3 is 2.19 bits per heavy atom. The number of benzene rings is 2. The summed E-state index contributed by atoms with van der Waals surface area (Å²) in [5, 5.41) is 51.1. The number of rotatable bonds is 7. The Morgan fingerprint density at radius 1 is 0.892 bits per heavy atom. The summed E-state index contributed by atoms with van der Waals surface area (Å²) in [5.74, 6) is -7.63. The molecule has 2 aromatic rings. The van der Waals surface area contributed by atoms with Crippen LogP contribution in [0.25, 0.3) is 10.8 Å². The molecule has 74 heavy (non-hydrogen) atoms. The number of likely N-dealkylation sites (N-methyl/N-ethyl adjacent to an activating group) is 1. The highest BCUT2D eigenvalue weighted by Crippen LogP contribution is 2.50. The molecule has 0 saturated carbocycles. The highest BCUT2D eigenvalue weighted by molar-refractivity contribution is 6.19. The number of aliphatic hydroxyl groups excluding tert-OH is 2. The Hall–Kier alpha value is -5.44. The number of piperazine rings is 1. The molecule has 1 spiro atoms. The summed E-state index contributed by atoms with van der Waals surface area (Å²) in [6.45, 7) is 22.5. The minimum absolute atomic E-state index is 0.0130. The van der Waals surface area contributed by atoms with Gasteiger partial charge in [-0.1, -0.05) is 59.8 Å². The van der Waals surface area contributed by atoms with Crippen LogP contribution in [-0.4, -0.2) is 179 Å². The molecular formula is C55H77N7O12. The fourth-order valence-corrected chi connectivity index (χ4v) is 11.7. The topological polar surface area (TPSA) is 236 Å². The van der Waals surface area contributed by atoms with Gasteiger partial charge in [-0.25, -0.2) is 0 Å². The molecule has 0 aromatic heterocycles. The number of anilines is 1. The molecule has 5 N–H and O–H groups in total. The fourth-order valence-electron chi connectivity index (χ4n) is 11.7. The van der Waals surface area contributed by atoms with Crippen LogP contribution in [0.15, 0.2) is 46.1 Å². The van der Waals surface area contributed by atoms with Crippen molar-refractivity contribution in [2.75, 3.05) is 78.4 Å². The van der Waals surface area contributed by atoms with E-state index in [1.165, 1.54) is 26.4 Å². The van der Waals surface area contributed by atoms with Crippen LogP contribution in [-0.2, 0) is 28.6 Å². The number of amides is 2. The largest absolute Gasteiger partial charge is 0.507 e. The fraction of sp³-hybridized carbons (Fsp3) is 0.636. The Bertz CT molecular complexity index is 2740. The molecular weight excluding hydrogens is 951 g/mol. The number of ketones is 1. The molecule has 19 heteroatoms. The number of phenolic OH excluding ortho intramolecular Hbond substituents is 2. The van der Waals surface area contributed by atoms with Crippen LogP contribution in [0.2, 0.25) is 0 Å². The molecule has 9 atom stereocenters. The Labute approximate surface area is 433 Å². The first-order chi connectivity index (χ1) is 35.0. The predicted molar refractivity (Wildman–Crippen MR) is 276 cm³/mol. The van der Waals surface area contributed by atoms with E-state index < -0.39 is 89.4 Å². The quantitative estimate of drug-likeness (QED) is 0.152. The van der Waals surface area contributed by atoms with Crippen LogP contribution in [0.1, 0.15) is 90.6 Å². The predicted octanol–water partition coefficient (Wildman–Crippen LogP) is 3.58. The number of allylic oxidation sites excluding steroid dienone is 2. The number of carbonyl (C=O) groups excluding carboxylic acids is 4. The summed E-state index contributed by atoms with van der Waals surface area (Å²) in [5.41, 5.74) is -0.678. The molecule has 0 aliphatic carbocycles. The lowest BCUT2D eigenvalue weighted by atomic mass is 9.78. The molecule has 3 fully saturated rings. The second-order valence-corrected chi connectivity index (χ2v) is 22.3. The molecule has 0 radical (unpaired) electrons. The maximum atomic E-state index is 15.0. The average Bonchev–Trinajstić information content (AvgIpc) is 3.86. The van der Waals surface area contributed by atoms with Crippen molar-refractivity contribution in [3.05, 3.63) is 58.0 Å². The summed E-state index contributed by atoms with van der Waals surface area (Å²) in [6.07, 6.45) is 3.94. The highest BCUT2D eigenvalue weighted by Gasteiger charge is 2.50. The van der Waals surface area contributed by atoms with Crippen LogP contribution in [0.3, 0.4) is 0 Å². The first kappa shape index (κ1) is 54.8. The molecule has 2 amide bonds. The zero-order valence-corrected chi connectivity index (χ0v) is 44.9. The number of carbonyl (C=O) groups is 4. The summed E-state index contributed by atoms with van der Waals surface area (Å²) >= 11 is 0. The van der Waals surface area contributed by atoms with Gasteiger partial charge in [0.15, 0.2) is 11.4 Å². The summed E-state index contributed by atoms with van der Waals surface area (Å²) < 4.78 is 24.7. The molecule has 5 bridgehead atoms. The number of Topliss-reactive ketones (excluding diaryl/α,β-unsaturated/α-hetero) is 1. The molecule has 9 rings (SSSR count). The molecule has 404 valence electrons. The average molecular weight is 1030 g/mol. The number of likely N-dealkylation sites (tertiary alicyclic amines) is 2. The zero-order chi connectivity index (χ0) is 53.7. The standard InChI is InChI=1S/C55H77N7O12/c1-29(2)26-60-18-16-55(17-19-60)57-43-40-41-48(67)35(8)51-42(40)52(69)54(9,74-51)72-24-15-37(71-11)32(5)50(73-39(64)25-38(63)62-22-20-61(21-23-62)36-27-59(10)28-36)34(7)47(66)33(6)46(65)30(3)13-12-14-31(4)53(70)56-45(49(41)68)44(43)58-55/h12-15,24,29-30,32-34,36-37,46-47,50,65-68H,16-23,25-28H2,1-11H3,(H,56,70)/b13-12+,24-15+,31-14-/t30-,32+,33+,34+,37-,46-,47+,50+,54-/m0/s1. The second-order valence-electron chi connectivity index (χ2n) is 22.3. The number of hydrogen-bond acceptors (Lipinski definition) is 17. The summed E-state index contributed by atoms with van der Waals surface area (Å²) in [7, 11) is 3.53. The van der Waals surface area contributed by atoms with Gasteiger partial charge in [-0.3, -0.25) is 34.1 Å². The van der Waals surface area contributed by atoms with E-state index in [-0.39, 0.29) is 61.3 Å². The molecule has 19 nitrogen and oxygen atoms in total. The van der Waals surface area contributed by atoms with Crippen LogP contribution in [0.5, 0.6) is 17.2 Å². The van der Waals surface area contributed by atoms with Gasteiger partial charge in [-0.2, -0.15) is 0 Å². The molecule has 7 aliphatic heterocycles. The molecule has 0 unspecified atom stereocenters. The number of methoxy groups -OCH3 is 1. The van der Waals surface area contributed by atoms with E-state index in [2.05, 4.69) is 40.9 Å². The van der Waals surface area contributed by atoms with E-state index in [1.54, 1.807) is 64.7 Å². The number of aliphatic hydroxyl groups is 2. The number of piperidine rings is 1. The first-order valence-electron chi connectivity index (χ1n) is 26.3. The van der Waals surface area contributed by atoms with E-state index in [0.717, 1.165) is 19.6 Å². The van der Waals surface area contributed by atoms with E-state index in [1.807, 2.05) is 0 Å². The number of phenols is 2. The van der Waals surface area contributed by atoms with Gasteiger partial charge in [0.05, 0.1) is 40.9 Å². The maximum absolute atomic E-state index is 15.0. The monoisotopic (exact) mass is 1030 g/mol. The van der Waals surface area contributed by atoms with Gasteiger partial charge >= 0.3 is 11.8 Å². The minimum Gasteiger partial charge on any atom is -0.507 e. The van der Waals surface area contributed by atoms with Gasteiger partial charge < -0.3 is 59.4 Å². The normalized spacial score (nSPS) is 32.0. The molecule has 3 saturated heterocycles. The van der Waals surface area contributed by atoms with Gasteiger partial charge in [0.2, 0.25) is 5.91 Å². The second kappa shape index (κ2) is 21.7. The first-order valence-corrected chi connectivity index (χ1v) is 26.3. The lowest BCUT2D eigenvalue weighted by molar-refractivity contribution is -0.165. The number of nitrogens with one attached hydrogen (secondary N) is 1. The van der Waals surface area contributed by atoms with Crippen LogP contribution < -0.4 is 20.8 Å². The summed E-state index contributed by atoms with van der Waals surface area (Å²) in [4.78, 5) is 75.5. The number of ether oxygens (including phenoxy) is 4. The number of aromatic hydroxyl groups is 2. The Kier molecular flexibility index (Phi) is 16.0. The van der Waals surface area contributed by atoms with E-state index in [9.17, 15) is 39.6 Å². The van der Waals surface area contributed by atoms with Gasteiger partial charge in [0.1, 0.15) is 35.1 Å². The van der Waals surface area contributed by atoms with Crippen LogP contribution in [0.4, 0.5) is 5.69 Å². The van der Waals surface area contributed by atoms with Gasteiger partial charge in [-0.15, -0.1) is 0 Å². The van der Waals surface area contributed by atoms with E-state index in [0.29, 0.717) is 64.1 Å². The number of fused-ring (bicyclic) bond motifs is 13. The van der Waals surface area contributed by atoms with Crippen molar-refractivity contribution in [1.29, 1.82) is 0 Å². The molecule has 7 heterocycles. The number of esters is 1. The smallest absolute Gasteiger partial charge is 0.315 e. The minimum atomic E-state index is -2.02. The van der Waals surface area contributed by atoms with Crippen molar-refractivity contribution in [1.82, 2.24) is 19.6 Å². The third kappa shape index (κ3) is 10.6. The van der Waals surface area contributed by atoms with Crippen molar-refractivity contribution >= 4 is 40.0 Å². The number of nitrogens with zero attached hydrogens (tertiary/aromatic N) is 6. The third-order valence-corrected chi connectivity index (χ3v) is 16.4. The Morgan fingerprint density at radius 2 is 1.55 bits per heavy atom. The van der Waals surface area contributed by atoms with Crippen LogP contribution >= 0.6 is 0 Å².